The molecule has 3 aromatic carbocycles. The second kappa shape index (κ2) is 9.27. The maximum Gasteiger partial charge on any atom is 0.267 e. The number of rotatable bonds is 5. The molecule has 0 aliphatic rings. The van der Waals surface area contributed by atoms with Gasteiger partial charge in [0.2, 0.25) is 5.95 Å². The van der Waals surface area contributed by atoms with E-state index in [2.05, 4.69) is 15.3 Å². The predicted molar refractivity (Wildman–Crippen MR) is 149 cm³/mol. The fourth-order valence-electron chi connectivity index (χ4n) is 4.24. The number of halogens is 1. The van der Waals surface area contributed by atoms with Gasteiger partial charge in [0.15, 0.2) is 0 Å². The van der Waals surface area contributed by atoms with Crippen LogP contribution in [-0.4, -0.2) is 24.5 Å². The Morgan fingerprint density at radius 3 is 2.51 bits per heavy atom. The number of nitrogens with two attached hydrogens (primary N) is 1. The summed E-state index contributed by atoms with van der Waals surface area (Å²) in [6, 6.07) is 22.1. The van der Waals surface area contributed by atoms with Crippen molar-refractivity contribution in [2.24, 2.45) is 0 Å². The number of hydrogen-bond acceptors (Lipinski definition) is 8. The lowest BCUT2D eigenvalue weighted by atomic mass is 10.2. The molecule has 10 heteroatoms. The predicted octanol–water partition coefficient (Wildman–Crippen LogP) is 5.86. The van der Waals surface area contributed by atoms with E-state index in [9.17, 15) is 4.79 Å². The third-order valence-electron chi connectivity index (χ3n) is 5.96. The number of nitrogens with zero attached hydrogens (tertiary/aromatic N) is 5. The maximum absolute atomic E-state index is 13.7. The van der Waals surface area contributed by atoms with Crippen molar-refractivity contribution in [3.05, 3.63) is 100 Å². The zero-order chi connectivity index (χ0) is 25.5. The van der Waals surface area contributed by atoms with Gasteiger partial charge in [0.1, 0.15) is 16.6 Å². The van der Waals surface area contributed by atoms with E-state index in [1.807, 2.05) is 61.5 Å². The van der Waals surface area contributed by atoms with Crippen molar-refractivity contribution in [1.82, 2.24) is 24.5 Å². The minimum Gasteiger partial charge on any atom is -0.368 e. The Kier molecular flexibility index (Phi) is 5.78. The Balaban J connectivity index is 1.50. The molecule has 0 saturated heterocycles. The van der Waals surface area contributed by atoms with Crippen LogP contribution in [0.5, 0.6) is 0 Å². The fraction of sp³-hybridized carbons (Fsp3) is 0.0741. The topological polar surface area (TPSA) is 112 Å². The molecule has 0 bridgehead atoms. The number of anilines is 2. The monoisotopic (exact) mass is 525 g/mol. The molecule has 1 atom stereocenters. The molecule has 0 amide bonds. The highest BCUT2D eigenvalue weighted by molar-refractivity contribution is 7.21. The molecule has 0 aliphatic heterocycles. The summed E-state index contributed by atoms with van der Waals surface area (Å²) in [5, 5.41) is 4.89. The molecule has 8 nitrogen and oxygen atoms in total. The lowest BCUT2D eigenvalue weighted by molar-refractivity contribution is 0.731. The van der Waals surface area contributed by atoms with Crippen molar-refractivity contribution in [2.75, 3.05) is 11.1 Å². The molecule has 6 rings (SSSR count). The quantitative estimate of drug-likeness (QED) is 0.290. The zero-order valence-corrected chi connectivity index (χ0v) is 21.2. The molecule has 0 saturated carbocycles. The van der Waals surface area contributed by atoms with E-state index < -0.39 is 6.04 Å². The molecule has 0 radical (unpaired) electrons. The van der Waals surface area contributed by atoms with E-state index in [4.69, 9.17) is 27.3 Å². The SMILES string of the molecule is C[C@@H](Nc1nc(N)ncc1-c1nc2ccccc2s1)c1nc2cccc(Cl)c2c(=O)n1-c1ccccc1. The first-order valence-electron chi connectivity index (χ1n) is 11.5. The highest BCUT2D eigenvalue weighted by Crippen LogP contribution is 2.35. The van der Waals surface area contributed by atoms with Crippen molar-refractivity contribution in [2.45, 2.75) is 13.0 Å². The van der Waals surface area contributed by atoms with E-state index >= 15 is 0 Å². The van der Waals surface area contributed by atoms with Gasteiger partial charge < -0.3 is 11.1 Å². The van der Waals surface area contributed by atoms with Crippen LogP contribution < -0.4 is 16.6 Å². The normalized spacial score (nSPS) is 12.2. The maximum atomic E-state index is 13.7. The summed E-state index contributed by atoms with van der Waals surface area (Å²) >= 11 is 7.96. The number of aromatic nitrogens is 5. The molecule has 3 aromatic heterocycles. The molecule has 37 heavy (non-hydrogen) atoms. The van der Waals surface area contributed by atoms with Gasteiger partial charge in [-0.1, -0.05) is 48.0 Å². The second-order valence-electron chi connectivity index (χ2n) is 8.42. The summed E-state index contributed by atoms with van der Waals surface area (Å²) in [4.78, 5) is 32.0. The third-order valence-corrected chi connectivity index (χ3v) is 7.34. The summed E-state index contributed by atoms with van der Waals surface area (Å²) in [5.74, 6) is 1.12. The highest BCUT2D eigenvalue weighted by Gasteiger charge is 2.22. The van der Waals surface area contributed by atoms with Crippen LogP contribution in [-0.2, 0) is 0 Å². The van der Waals surface area contributed by atoms with Gasteiger partial charge in [-0.25, -0.2) is 15.0 Å². The summed E-state index contributed by atoms with van der Waals surface area (Å²) in [7, 11) is 0. The molecule has 3 heterocycles. The highest BCUT2D eigenvalue weighted by atomic mass is 35.5. The van der Waals surface area contributed by atoms with Crippen molar-refractivity contribution in [3.63, 3.8) is 0 Å². The number of benzene rings is 3. The molecule has 0 unspecified atom stereocenters. The van der Waals surface area contributed by atoms with E-state index in [1.165, 1.54) is 0 Å². The number of nitrogen functional groups attached to an aromatic ring is 1. The molecule has 3 N–H and O–H groups in total. The van der Waals surface area contributed by atoms with Crippen molar-refractivity contribution >= 4 is 55.8 Å². The summed E-state index contributed by atoms with van der Waals surface area (Å²) in [6.07, 6.45) is 1.66. The minimum atomic E-state index is -0.446. The summed E-state index contributed by atoms with van der Waals surface area (Å²) < 4.78 is 2.63. The van der Waals surface area contributed by atoms with Crippen LogP contribution in [0.15, 0.2) is 83.8 Å². The zero-order valence-electron chi connectivity index (χ0n) is 19.6. The molecule has 0 aliphatic carbocycles. The number of nitrogens with one attached hydrogen (secondary N) is 1. The van der Waals surface area contributed by atoms with Gasteiger partial charge >= 0.3 is 0 Å². The molecular weight excluding hydrogens is 506 g/mol. The van der Waals surface area contributed by atoms with Crippen molar-refractivity contribution in [3.8, 4) is 16.3 Å². The molecule has 0 spiro atoms. The average molecular weight is 526 g/mol. The largest absolute Gasteiger partial charge is 0.368 e. The van der Waals surface area contributed by atoms with Gasteiger partial charge in [-0.2, -0.15) is 4.98 Å². The van der Waals surface area contributed by atoms with Gasteiger partial charge in [0.05, 0.1) is 43.4 Å². The van der Waals surface area contributed by atoms with Gasteiger partial charge in [0.25, 0.3) is 5.56 Å². The van der Waals surface area contributed by atoms with E-state index in [0.717, 1.165) is 15.2 Å². The van der Waals surface area contributed by atoms with Crippen LogP contribution in [0.3, 0.4) is 0 Å². The first-order chi connectivity index (χ1) is 18.0. The van der Waals surface area contributed by atoms with Crippen LogP contribution >= 0.6 is 22.9 Å². The third kappa shape index (κ3) is 4.18. The first-order valence-corrected chi connectivity index (χ1v) is 12.7. The van der Waals surface area contributed by atoms with Crippen LogP contribution in [0.1, 0.15) is 18.8 Å². The Bertz CT molecular complexity index is 1800. The van der Waals surface area contributed by atoms with E-state index in [-0.39, 0.29) is 11.5 Å². The lowest BCUT2D eigenvalue weighted by Crippen LogP contribution is -2.27. The van der Waals surface area contributed by atoms with Gasteiger partial charge in [-0.3, -0.25) is 9.36 Å². The Morgan fingerprint density at radius 2 is 1.70 bits per heavy atom. The smallest absolute Gasteiger partial charge is 0.267 e. The van der Waals surface area contributed by atoms with E-state index in [0.29, 0.717) is 38.8 Å². The van der Waals surface area contributed by atoms with Crippen LogP contribution in [0.4, 0.5) is 11.8 Å². The van der Waals surface area contributed by atoms with E-state index in [1.54, 1.807) is 40.3 Å². The minimum absolute atomic E-state index is 0.123. The molecule has 182 valence electrons. The number of thiazole rings is 1. The second-order valence-corrected chi connectivity index (χ2v) is 9.86. The van der Waals surface area contributed by atoms with Gasteiger partial charge in [0, 0.05) is 6.20 Å². The number of hydrogen-bond donors (Lipinski definition) is 2. The van der Waals surface area contributed by atoms with Crippen LogP contribution in [0.2, 0.25) is 5.02 Å². The Labute approximate surface area is 220 Å². The van der Waals surface area contributed by atoms with Crippen LogP contribution in [0, 0.1) is 0 Å². The molecule has 6 aromatic rings. The summed E-state index contributed by atoms with van der Waals surface area (Å²) in [5.41, 5.74) is 8.51. The molecular formula is C27H20ClN7OS. The molecule has 0 fully saturated rings. The summed E-state index contributed by atoms with van der Waals surface area (Å²) in [6.45, 7) is 1.91. The van der Waals surface area contributed by atoms with Crippen molar-refractivity contribution < 1.29 is 0 Å². The van der Waals surface area contributed by atoms with Gasteiger partial charge in [-0.05, 0) is 43.3 Å². The average Bonchev–Trinajstić information content (AvgIpc) is 3.33. The number of fused-ring (bicyclic) bond motifs is 2. The number of para-hydroxylation sites is 2. The standard InChI is InChI=1S/C27H20ClN7OS/c1-15(31-23-17(14-30-27(29)34-23)25-33-19-11-5-6-13-21(19)37-25)24-32-20-12-7-10-18(28)22(20)26(36)35(24)16-8-3-2-4-9-16/h2-15H,1H3,(H3,29,30,31,34)/t15-/m1/s1. The fourth-order valence-corrected chi connectivity index (χ4v) is 5.47. The Hall–Kier alpha value is -4.34. The first kappa shape index (κ1) is 23.1. The van der Waals surface area contributed by atoms with Crippen LogP contribution in [0.25, 0.3) is 37.4 Å². The van der Waals surface area contributed by atoms with Gasteiger partial charge in [-0.15, -0.1) is 11.3 Å². The Morgan fingerprint density at radius 1 is 0.946 bits per heavy atom. The van der Waals surface area contributed by atoms with Crippen molar-refractivity contribution in [1.29, 1.82) is 0 Å². The lowest BCUT2D eigenvalue weighted by Gasteiger charge is -2.21.